The van der Waals surface area contributed by atoms with Crippen molar-refractivity contribution < 1.29 is 104 Å². The lowest BCUT2D eigenvalue weighted by Gasteiger charge is -2.31. The maximum Gasteiger partial charge on any atom is 0.490 e. The minimum Gasteiger partial charge on any atom is -0.778 e. The van der Waals surface area contributed by atoms with E-state index in [0.29, 0.717) is 0 Å². The highest BCUT2D eigenvalue weighted by Crippen LogP contribution is 2.68. The van der Waals surface area contributed by atoms with Gasteiger partial charge in [0.25, 0.3) is 17.1 Å². The second-order valence-electron chi connectivity index (χ2n) is 17.1. The Morgan fingerprint density at radius 3 is 2.12 bits per heavy atom. The molecule has 0 saturated carbocycles. The monoisotopic (exact) mass is 1150 g/mol. The van der Waals surface area contributed by atoms with Crippen LogP contribution in [0.1, 0.15) is 25.1 Å². The number of rotatable bonds is 22. The zero-order chi connectivity index (χ0) is 54.5. The van der Waals surface area contributed by atoms with Gasteiger partial charge in [0.15, 0.2) is 30.2 Å². The van der Waals surface area contributed by atoms with Crippen LogP contribution >= 0.6 is 31.1 Å². The number of phosphoric ester groups is 2. The molecule has 5 aromatic heterocycles. The van der Waals surface area contributed by atoms with Gasteiger partial charge in [-0.1, -0.05) is 4.98 Å². The predicted molar refractivity (Wildman–Crippen MR) is 243 cm³/mol. The van der Waals surface area contributed by atoms with Crippen LogP contribution in [0, 0.1) is 11.8 Å². The molecule has 16 atom stereocenters. The largest absolute Gasteiger partial charge is 0.778 e. The third-order valence-electron chi connectivity index (χ3n) is 12.2. The number of aliphatic hydroxyl groups excluding tert-OH is 3. The summed E-state index contributed by atoms with van der Waals surface area (Å²) in [7, 11) is -19.0. The van der Waals surface area contributed by atoms with E-state index in [1.807, 2.05) is 4.98 Å². The van der Waals surface area contributed by atoms with Crippen molar-refractivity contribution in [2.45, 2.75) is 67.8 Å². The minimum atomic E-state index is -6.16. The van der Waals surface area contributed by atoms with E-state index in [2.05, 4.69) is 33.5 Å². The number of anilines is 2. The van der Waals surface area contributed by atoms with E-state index in [1.54, 1.807) is 0 Å². The summed E-state index contributed by atoms with van der Waals surface area (Å²) >= 11 is 0. The van der Waals surface area contributed by atoms with E-state index < -0.39 is 147 Å². The standard InChI is InChI=1S/C35H50N12O24P4/c1-44-14-47(29-22(44)30(52)43-34(37)42-29)31-23(49)15(5-7-62-2)17(67-31)8-65-73(56,57)70-75(60,61)71-74(58,59)66-9-18-16(26(63-3)33(68-18)46-13-40-21-27(36)38-12-39-28(21)46)11-72(54,55)64-10-19-24(50)25(51)32(69-19)45-6-4-20(48)41-35(45)53/h4,6,12-19,23-26,31-33,49-51H,5,7-11H2,1-3H3,(H9-,36,37,38,39,41,42,43,48,52,53,54,55,56,57,58,59,60,61)/t15-,16-,17-,18-,19-,23-,24-,25-,26-,31-,32-,33-/m1/s1. The van der Waals surface area contributed by atoms with E-state index in [4.69, 9.17) is 48.7 Å². The van der Waals surface area contributed by atoms with Crippen LogP contribution in [0.4, 0.5) is 11.8 Å². The summed E-state index contributed by atoms with van der Waals surface area (Å²) in [5.74, 6) is -2.72. The fraction of sp³-hybridized carbons (Fsp3) is 0.600. The topological polar surface area (TPSA) is 510 Å². The first-order valence-corrected chi connectivity index (χ1v) is 28.1. The van der Waals surface area contributed by atoms with Gasteiger partial charge in [0, 0.05) is 51.1 Å². The molecule has 3 aliphatic heterocycles. The fourth-order valence-corrected chi connectivity index (χ4v) is 13.8. The summed E-state index contributed by atoms with van der Waals surface area (Å²) in [5.41, 5.74) is 9.46. The molecule has 4 unspecified atom stereocenters. The molecule has 40 heteroatoms. The van der Waals surface area contributed by atoms with Gasteiger partial charge >= 0.3 is 34.8 Å². The Balaban J connectivity index is 0.942. The second-order valence-corrected chi connectivity index (χ2v) is 23.6. The molecule has 0 bridgehead atoms. The molecule has 5 aromatic rings. The average molecular weight is 1150 g/mol. The summed E-state index contributed by atoms with van der Waals surface area (Å²) < 4.78 is 110. The number of nitrogens with one attached hydrogen (secondary N) is 2. The number of ether oxygens (including phenoxy) is 5. The van der Waals surface area contributed by atoms with E-state index in [0.717, 1.165) is 30.3 Å². The molecule has 0 radical (unpaired) electrons. The Labute approximate surface area is 419 Å². The highest BCUT2D eigenvalue weighted by molar-refractivity contribution is 7.66. The van der Waals surface area contributed by atoms with Crippen molar-refractivity contribution in [2.24, 2.45) is 18.9 Å². The summed E-state index contributed by atoms with van der Waals surface area (Å²) in [4.78, 5) is 103. The Morgan fingerprint density at radius 1 is 0.813 bits per heavy atom. The van der Waals surface area contributed by atoms with Gasteiger partial charge in [0.2, 0.25) is 11.7 Å². The van der Waals surface area contributed by atoms with Gasteiger partial charge in [-0.05, 0) is 6.42 Å². The molecule has 3 saturated heterocycles. The van der Waals surface area contributed by atoms with Gasteiger partial charge in [0.05, 0.1) is 45.4 Å². The fourth-order valence-electron chi connectivity index (χ4n) is 8.87. The van der Waals surface area contributed by atoms with Gasteiger partial charge in [-0.3, -0.25) is 42.3 Å². The van der Waals surface area contributed by atoms with Crippen molar-refractivity contribution in [3.05, 3.63) is 62.4 Å². The van der Waals surface area contributed by atoms with E-state index >= 15 is 0 Å². The highest BCUT2D eigenvalue weighted by Gasteiger charge is 2.52. The maximum absolute atomic E-state index is 13.7. The van der Waals surface area contributed by atoms with Crippen LogP contribution in [0.5, 0.6) is 0 Å². The summed E-state index contributed by atoms with van der Waals surface area (Å²) in [6, 6.07) is 0.936. The Bertz CT molecular complexity index is 3280. The molecule has 3 fully saturated rings. The first-order chi connectivity index (χ1) is 35.2. The van der Waals surface area contributed by atoms with Crippen LogP contribution in [-0.4, -0.2) is 163 Å². The molecule has 414 valence electrons. The predicted octanol–water partition coefficient (Wildman–Crippen LogP) is -3.90. The second kappa shape index (κ2) is 22.0. The van der Waals surface area contributed by atoms with Crippen LogP contribution in [0.25, 0.3) is 22.3 Å². The van der Waals surface area contributed by atoms with Crippen molar-refractivity contribution >= 4 is 65.2 Å². The number of aliphatic hydroxyl groups is 3. The van der Waals surface area contributed by atoms with E-state index in [9.17, 15) is 67.5 Å². The van der Waals surface area contributed by atoms with Crippen molar-refractivity contribution in [3.63, 3.8) is 0 Å². The van der Waals surface area contributed by atoms with E-state index in [-0.39, 0.29) is 47.1 Å². The van der Waals surface area contributed by atoms with Crippen molar-refractivity contribution in [1.29, 1.82) is 0 Å². The average Bonchev–Trinajstić information content (AvgIpc) is 4.12. The zero-order valence-corrected chi connectivity index (χ0v) is 42.7. The van der Waals surface area contributed by atoms with Crippen molar-refractivity contribution in [2.75, 3.05) is 58.3 Å². The number of aromatic nitrogens is 10. The quantitative estimate of drug-likeness (QED) is 0.0234. The maximum atomic E-state index is 13.7. The SMILES string of the molecule is COCC[C@H]1[C@@H](O)[C@H]([n+]2cn(C)c3c(=O)[nH]c(N)nc32)O[C@@H]1COP(=O)(O)OP(=O)(O)OP(=O)(O)OC[C@H]1O[C@@H](n2cnc3c(N)ncnc32)[C@H](OC)[C@@H]1CP(=O)([O-])OC[C@H]1O[C@@H](n2ccc(=O)[nH]c2=O)[C@H](O)[C@@H]1O. The van der Waals surface area contributed by atoms with Crippen molar-refractivity contribution in [3.8, 4) is 0 Å². The number of fused-ring (bicyclic) bond motifs is 2. The molecular weight excluding hydrogens is 1100 g/mol. The molecule has 36 nitrogen and oxygen atoms in total. The number of hydrogen-bond donors (Lipinski definition) is 10. The number of methoxy groups -OCH3 is 2. The Morgan fingerprint density at radius 2 is 1.47 bits per heavy atom. The molecule has 0 spiro atoms. The molecule has 0 amide bonds. The summed E-state index contributed by atoms with van der Waals surface area (Å²) in [6.07, 6.45) is -11.6. The number of nitrogen functional groups attached to an aromatic ring is 2. The zero-order valence-electron chi connectivity index (χ0n) is 39.1. The van der Waals surface area contributed by atoms with Crippen molar-refractivity contribution in [1.82, 2.24) is 43.6 Å². The lowest BCUT2D eigenvalue weighted by Crippen LogP contribution is -2.45. The lowest BCUT2D eigenvalue weighted by atomic mass is 9.95. The van der Waals surface area contributed by atoms with Crippen LogP contribution in [0.15, 0.2) is 45.6 Å². The first-order valence-electron chi connectivity index (χ1n) is 21.9. The molecule has 3 aliphatic rings. The molecule has 0 aliphatic carbocycles. The number of nitrogens with zero attached hydrogens (tertiary/aromatic N) is 8. The number of phosphoric acid groups is 3. The smallest absolute Gasteiger partial charge is 0.490 e. The van der Waals surface area contributed by atoms with Gasteiger partial charge in [-0.15, -0.1) is 0 Å². The Kier molecular flexibility index (Phi) is 16.6. The van der Waals surface area contributed by atoms with Crippen LogP contribution in [-0.2, 0) is 71.2 Å². The van der Waals surface area contributed by atoms with Gasteiger partial charge in [0.1, 0.15) is 50.0 Å². The molecule has 0 aromatic carbocycles. The molecule has 8 heterocycles. The van der Waals surface area contributed by atoms with E-state index in [1.165, 1.54) is 40.5 Å². The normalized spacial score (nSPS) is 30.4. The summed E-state index contributed by atoms with van der Waals surface area (Å²) in [6.45, 7) is -3.00. The minimum absolute atomic E-state index is 0.00413. The Hall–Kier alpha value is -4.58. The third-order valence-corrected chi connectivity index (χ3v) is 17.9. The van der Waals surface area contributed by atoms with Crippen LogP contribution in [0.3, 0.4) is 0 Å². The molecule has 12 N–H and O–H groups in total. The molecule has 75 heavy (non-hydrogen) atoms. The lowest BCUT2D eigenvalue weighted by molar-refractivity contribution is -0.745. The molecule has 8 rings (SSSR count). The number of hydrogen-bond acceptors (Lipinski definition) is 27. The number of imidazole rings is 2. The number of H-pyrrole nitrogens is 2. The third kappa shape index (κ3) is 12.3. The van der Waals surface area contributed by atoms with Gasteiger partial charge in [-0.2, -0.15) is 8.62 Å². The summed E-state index contributed by atoms with van der Waals surface area (Å²) in [5, 5.41) is 32.7. The van der Waals surface area contributed by atoms with Crippen LogP contribution < -0.4 is 37.7 Å². The number of nitrogens with two attached hydrogens (primary N) is 2. The number of aryl methyl sites for hydroxylation is 1. The number of aromatic amines is 2. The van der Waals surface area contributed by atoms with Gasteiger partial charge in [-0.25, -0.2) is 38.0 Å². The molecular formula is C35H50N12O24P4. The van der Waals surface area contributed by atoms with Crippen LogP contribution in [0.2, 0.25) is 0 Å². The van der Waals surface area contributed by atoms with Gasteiger partial charge < -0.3 is 79.1 Å². The highest BCUT2D eigenvalue weighted by atomic mass is 31.3. The first kappa shape index (κ1) is 56.6.